The molecule has 4 nitrogen and oxygen atoms in total. The van der Waals surface area contributed by atoms with E-state index in [2.05, 4.69) is 12.6 Å². The van der Waals surface area contributed by atoms with Gasteiger partial charge in [-0.3, -0.25) is 4.79 Å². The maximum Gasteiger partial charge on any atom is 0.150 e. The minimum Gasteiger partial charge on any atom is -0.496 e. The van der Waals surface area contributed by atoms with E-state index in [-0.39, 0.29) is 5.75 Å². The Labute approximate surface area is 99.3 Å². The molecule has 1 aromatic carbocycles. The van der Waals surface area contributed by atoms with Gasteiger partial charge in [-0.25, -0.2) is 0 Å². The van der Waals surface area contributed by atoms with E-state index in [0.29, 0.717) is 23.2 Å². The van der Waals surface area contributed by atoms with E-state index in [1.54, 1.807) is 12.1 Å². The Morgan fingerprint density at radius 3 is 2.69 bits per heavy atom. The molecule has 0 aliphatic rings. The first kappa shape index (κ1) is 13.0. The molecule has 16 heavy (non-hydrogen) atoms. The Morgan fingerprint density at radius 1 is 1.50 bits per heavy atom. The number of aliphatic hydroxyl groups excluding tert-OH is 2. The summed E-state index contributed by atoms with van der Waals surface area (Å²) in [7, 11) is 1.46. The van der Waals surface area contributed by atoms with Crippen molar-refractivity contribution in [2.75, 3.05) is 12.9 Å². The zero-order valence-corrected chi connectivity index (χ0v) is 9.72. The third kappa shape index (κ3) is 2.75. The minimum atomic E-state index is -1.12. The van der Waals surface area contributed by atoms with Gasteiger partial charge in [0.05, 0.1) is 13.2 Å². The number of thiol groups is 1. The van der Waals surface area contributed by atoms with Crippen molar-refractivity contribution < 1.29 is 19.7 Å². The van der Waals surface area contributed by atoms with Crippen LogP contribution in [0.1, 0.15) is 22.0 Å². The van der Waals surface area contributed by atoms with E-state index in [0.717, 1.165) is 0 Å². The van der Waals surface area contributed by atoms with Crippen molar-refractivity contribution in [1.29, 1.82) is 0 Å². The SMILES string of the molecule is COc1ccc(C=O)cc1C(O)C(O)CS. The van der Waals surface area contributed by atoms with Crippen LogP contribution in [-0.4, -0.2) is 35.5 Å². The second kappa shape index (κ2) is 5.89. The largest absolute Gasteiger partial charge is 0.496 e. The van der Waals surface area contributed by atoms with E-state index < -0.39 is 12.2 Å². The monoisotopic (exact) mass is 242 g/mol. The highest BCUT2D eigenvalue weighted by atomic mass is 32.1. The van der Waals surface area contributed by atoms with Gasteiger partial charge in [0.2, 0.25) is 0 Å². The predicted molar refractivity (Wildman–Crippen MR) is 63.2 cm³/mol. The molecule has 0 amide bonds. The molecule has 0 heterocycles. The molecule has 2 atom stereocenters. The van der Waals surface area contributed by atoms with Gasteiger partial charge >= 0.3 is 0 Å². The first-order valence-electron chi connectivity index (χ1n) is 4.74. The third-order valence-corrected chi connectivity index (χ3v) is 2.63. The maximum atomic E-state index is 10.6. The smallest absolute Gasteiger partial charge is 0.150 e. The van der Waals surface area contributed by atoms with Gasteiger partial charge in [0.15, 0.2) is 0 Å². The molecule has 0 aliphatic carbocycles. The molecule has 1 aromatic rings. The first-order valence-corrected chi connectivity index (χ1v) is 5.37. The Hall–Kier alpha value is -1.04. The average molecular weight is 242 g/mol. The lowest BCUT2D eigenvalue weighted by Gasteiger charge is -2.19. The van der Waals surface area contributed by atoms with Crippen molar-refractivity contribution in [2.24, 2.45) is 0 Å². The zero-order chi connectivity index (χ0) is 12.1. The second-order valence-corrected chi connectivity index (χ2v) is 3.68. The standard InChI is InChI=1S/C11H14O4S/c1-15-10-3-2-7(5-12)4-8(10)11(14)9(13)6-16/h2-5,9,11,13-14,16H,6H2,1H3. The summed E-state index contributed by atoms with van der Waals surface area (Å²) in [5, 5.41) is 19.3. The number of carbonyl (C=O) groups is 1. The van der Waals surface area contributed by atoms with Crippen LogP contribution in [0.15, 0.2) is 18.2 Å². The molecule has 0 fully saturated rings. The number of rotatable bonds is 5. The van der Waals surface area contributed by atoms with Gasteiger partial charge in [0, 0.05) is 16.9 Å². The van der Waals surface area contributed by atoms with E-state index in [9.17, 15) is 15.0 Å². The molecule has 0 saturated heterocycles. The molecule has 0 saturated carbocycles. The third-order valence-electron chi connectivity index (χ3n) is 2.26. The van der Waals surface area contributed by atoms with Gasteiger partial charge in [0.25, 0.3) is 0 Å². The molecular formula is C11H14O4S. The second-order valence-electron chi connectivity index (χ2n) is 3.31. The van der Waals surface area contributed by atoms with E-state index >= 15 is 0 Å². The first-order chi connectivity index (χ1) is 7.63. The van der Waals surface area contributed by atoms with Gasteiger partial charge in [-0.1, -0.05) is 0 Å². The molecular weight excluding hydrogens is 228 g/mol. The number of hydrogen-bond donors (Lipinski definition) is 3. The molecule has 2 unspecified atom stereocenters. The van der Waals surface area contributed by atoms with Gasteiger partial charge in [0.1, 0.15) is 18.1 Å². The molecule has 1 rings (SSSR count). The summed E-state index contributed by atoms with van der Waals surface area (Å²) >= 11 is 3.90. The van der Waals surface area contributed by atoms with E-state index in [4.69, 9.17) is 4.74 Å². The molecule has 0 aromatic heterocycles. The molecule has 0 aliphatic heterocycles. The summed E-state index contributed by atoms with van der Waals surface area (Å²) < 4.78 is 5.05. The summed E-state index contributed by atoms with van der Waals surface area (Å²) in [5.74, 6) is 0.550. The van der Waals surface area contributed by atoms with Crippen LogP contribution in [0.2, 0.25) is 0 Å². The van der Waals surface area contributed by atoms with Crippen molar-refractivity contribution in [3.8, 4) is 5.75 Å². The zero-order valence-electron chi connectivity index (χ0n) is 8.83. The lowest BCUT2D eigenvalue weighted by molar-refractivity contribution is 0.0322. The van der Waals surface area contributed by atoms with Gasteiger partial charge in [-0.05, 0) is 18.2 Å². The maximum absolute atomic E-state index is 10.6. The highest BCUT2D eigenvalue weighted by Gasteiger charge is 2.20. The fraction of sp³-hybridized carbons (Fsp3) is 0.364. The van der Waals surface area contributed by atoms with Gasteiger partial charge < -0.3 is 14.9 Å². The van der Waals surface area contributed by atoms with Crippen LogP contribution in [0.25, 0.3) is 0 Å². The Bertz CT molecular complexity index is 367. The van der Waals surface area contributed by atoms with Crippen molar-refractivity contribution in [3.63, 3.8) is 0 Å². The van der Waals surface area contributed by atoms with Crippen molar-refractivity contribution in [2.45, 2.75) is 12.2 Å². The van der Waals surface area contributed by atoms with Crippen molar-refractivity contribution >= 4 is 18.9 Å². The van der Waals surface area contributed by atoms with Crippen LogP contribution in [0.5, 0.6) is 5.75 Å². The van der Waals surface area contributed by atoms with Crippen LogP contribution in [0.4, 0.5) is 0 Å². The molecule has 0 spiro atoms. The minimum absolute atomic E-state index is 0.121. The number of carbonyl (C=O) groups excluding carboxylic acids is 1. The predicted octanol–water partition coefficient (Wildman–Crippen LogP) is 0.832. The lowest BCUT2D eigenvalue weighted by Crippen LogP contribution is -2.20. The summed E-state index contributed by atoms with van der Waals surface area (Å²) in [6.45, 7) is 0. The Morgan fingerprint density at radius 2 is 2.19 bits per heavy atom. The van der Waals surface area contributed by atoms with Crippen molar-refractivity contribution in [1.82, 2.24) is 0 Å². The van der Waals surface area contributed by atoms with Crippen LogP contribution in [-0.2, 0) is 0 Å². The van der Waals surface area contributed by atoms with Gasteiger partial charge in [-0.15, -0.1) is 0 Å². The van der Waals surface area contributed by atoms with Crippen molar-refractivity contribution in [3.05, 3.63) is 29.3 Å². The van der Waals surface area contributed by atoms with Gasteiger partial charge in [-0.2, -0.15) is 12.6 Å². The quantitative estimate of drug-likeness (QED) is 0.528. The highest BCUT2D eigenvalue weighted by Crippen LogP contribution is 2.28. The van der Waals surface area contributed by atoms with E-state index in [1.165, 1.54) is 13.2 Å². The summed E-state index contributed by atoms with van der Waals surface area (Å²) in [6.07, 6.45) is -1.45. The molecule has 2 N–H and O–H groups in total. The molecule has 0 radical (unpaired) electrons. The summed E-state index contributed by atoms with van der Waals surface area (Å²) in [4.78, 5) is 10.6. The Kier molecular flexibility index (Phi) is 4.79. The van der Waals surface area contributed by atoms with Crippen LogP contribution < -0.4 is 4.74 Å². The topological polar surface area (TPSA) is 66.8 Å². The van der Waals surface area contributed by atoms with Crippen LogP contribution in [0.3, 0.4) is 0 Å². The summed E-state index contributed by atoms with van der Waals surface area (Å²) in [6, 6.07) is 4.64. The van der Waals surface area contributed by atoms with Crippen LogP contribution >= 0.6 is 12.6 Å². The normalized spacial score (nSPS) is 14.2. The fourth-order valence-corrected chi connectivity index (χ4v) is 1.56. The summed E-state index contributed by atoms with van der Waals surface area (Å²) in [5.41, 5.74) is 0.801. The number of methoxy groups -OCH3 is 1. The number of ether oxygens (including phenoxy) is 1. The number of hydrogen-bond acceptors (Lipinski definition) is 5. The average Bonchev–Trinajstić information content (AvgIpc) is 2.35. The molecule has 0 bridgehead atoms. The Balaban J connectivity index is 3.12. The fourth-order valence-electron chi connectivity index (χ4n) is 1.36. The number of aldehydes is 1. The lowest BCUT2D eigenvalue weighted by atomic mass is 10.0. The van der Waals surface area contributed by atoms with Crippen LogP contribution in [0, 0.1) is 0 Å². The number of benzene rings is 1. The number of aliphatic hydroxyl groups is 2. The molecule has 5 heteroatoms. The van der Waals surface area contributed by atoms with E-state index in [1.807, 2.05) is 0 Å². The highest BCUT2D eigenvalue weighted by molar-refractivity contribution is 7.80. The molecule has 88 valence electrons.